The Morgan fingerprint density at radius 2 is 2.20 bits per heavy atom. The summed E-state index contributed by atoms with van der Waals surface area (Å²) in [5.74, 6) is 2.29. The lowest BCUT2D eigenvalue weighted by Gasteiger charge is -2.25. The van der Waals surface area contributed by atoms with Gasteiger partial charge < -0.3 is 34.5 Å². The maximum atomic E-state index is 10.5. The van der Waals surface area contributed by atoms with E-state index in [1.54, 1.807) is 0 Å². The van der Waals surface area contributed by atoms with E-state index in [2.05, 4.69) is 20.8 Å². The molecule has 2 aromatic rings. The van der Waals surface area contributed by atoms with Gasteiger partial charge in [-0.2, -0.15) is 4.98 Å². The Hall–Kier alpha value is -2.20. The molecule has 4 rings (SSSR count). The van der Waals surface area contributed by atoms with Crippen LogP contribution in [0.5, 0.6) is 11.5 Å². The summed E-state index contributed by atoms with van der Waals surface area (Å²) >= 11 is 0. The molecule has 3 heterocycles. The van der Waals surface area contributed by atoms with Crippen molar-refractivity contribution in [3.8, 4) is 23.0 Å². The van der Waals surface area contributed by atoms with Gasteiger partial charge in [-0.1, -0.05) is 5.16 Å². The van der Waals surface area contributed by atoms with Crippen molar-refractivity contribution in [2.45, 2.75) is 12.1 Å². The van der Waals surface area contributed by atoms with Crippen LogP contribution in [0.3, 0.4) is 0 Å². The molecule has 9 heteroatoms. The lowest BCUT2D eigenvalue weighted by molar-refractivity contribution is -0.0265. The van der Waals surface area contributed by atoms with E-state index in [0.29, 0.717) is 56.1 Å². The number of hydrogen-bond donors (Lipinski definition) is 3. The molecule has 1 aromatic carbocycles. The molecular formula is C16H20N4O5. The Kier molecular flexibility index (Phi) is 4.53. The van der Waals surface area contributed by atoms with Crippen LogP contribution in [-0.4, -0.2) is 60.5 Å². The number of benzene rings is 1. The fourth-order valence-corrected chi connectivity index (χ4v) is 2.77. The first kappa shape index (κ1) is 16.3. The van der Waals surface area contributed by atoms with E-state index in [1.807, 2.05) is 18.2 Å². The average molecular weight is 348 g/mol. The predicted molar refractivity (Wildman–Crippen MR) is 86.2 cm³/mol. The summed E-state index contributed by atoms with van der Waals surface area (Å²) < 4.78 is 21.3. The largest absolute Gasteiger partial charge is 0.454 e. The summed E-state index contributed by atoms with van der Waals surface area (Å²) in [7, 11) is 0. The molecule has 3 N–H and O–H groups in total. The van der Waals surface area contributed by atoms with Gasteiger partial charge in [-0.3, -0.25) is 0 Å². The van der Waals surface area contributed by atoms with Crippen LogP contribution >= 0.6 is 0 Å². The number of aliphatic hydroxyl groups is 1. The van der Waals surface area contributed by atoms with Crippen LogP contribution in [0.4, 0.5) is 0 Å². The zero-order valence-corrected chi connectivity index (χ0v) is 13.7. The minimum atomic E-state index is -0.944. The van der Waals surface area contributed by atoms with Crippen molar-refractivity contribution < 1.29 is 23.8 Å². The first-order valence-corrected chi connectivity index (χ1v) is 8.16. The molecule has 2 aliphatic rings. The van der Waals surface area contributed by atoms with E-state index in [1.165, 1.54) is 0 Å². The number of ether oxygens (including phenoxy) is 3. The summed E-state index contributed by atoms with van der Waals surface area (Å²) in [6.07, 6.45) is 0. The summed E-state index contributed by atoms with van der Waals surface area (Å²) in [6.45, 7) is 3.10. The Morgan fingerprint density at radius 1 is 1.28 bits per heavy atom. The Labute approximate surface area is 144 Å². The number of nitrogens with zero attached hydrogens (tertiary/aromatic N) is 2. The van der Waals surface area contributed by atoms with Crippen LogP contribution in [-0.2, 0) is 11.3 Å². The number of hydrogen-bond acceptors (Lipinski definition) is 9. The van der Waals surface area contributed by atoms with Crippen molar-refractivity contribution in [2.24, 2.45) is 0 Å². The maximum absolute atomic E-state index is 10.5. The SMILES string of the molecule is O[C@]1(CNCc2noc(-c3ccc4c(c3)OCO4)n2)CNCCOC1. The summed E-state index contributed by atoms with van der Waals surface area (Å²) in [6, 6.07) is 5.47. The van der Waals surface area contributed by atoms with E-state index in [9.17, 15) is 5.11 Å². The summed E-state index contributed by atoms with van der Waals surface area (Å²) in [5, 5.41) is 20.7. The molecule has 1 aromatic heterocycles. The minimum absolute atomic E-state index is 0.221. The monoisotopic (exact) mass is 348 g/mol. The molecule has 0 amide bonds. The van der Waals surface area contributed by atoms with Crippen LogP contribution in [0.25, 0.3) is 11.5 Å². The van der Waals surface area contributed by atoms with Gasteiger partial charge in [0.05, 0.1) is 19.8 Å². The normalized spacial score (nSPS) is 22.8. The average Bonchev–Trinajstić information content (AvgIpc) is 3.21. The van der Waals surface area contributed by atoms with E-state index in [-0.39, 0.29) is 6.79 Å². The molecule has 2 aliphatic heterocycles. The van der Waals surface area contributed by atoms with Gasteiger partial charge in [0.25, 0.3) is 5.89 Å². The lowest BCUT2D eigenvalue weighted by Crippen LogP contribution is -2.50. The number of aromatic nitrogens is 2. The highest BCUT2D eigenvalue weighted by molar-refractivity contribution is 5.60. The summed E-state index contributed by atoms with van der Waals surface area (Å²) in [5.41, 5.74) is -0.177. The molecule has 9 nitrogen and oxygen atoms in total. The van der Waals surface area contributed by atoms with Crippen LogP contribution in [0, 0.1) is 0 Å². The molecule has 1 fully saturated rings. The van der Waals surface area contributed by atoms with Crippen molar-refractivity contribution in [1.29, 1.82) is 0 Å². The highest BCUT2D eigenvalue weighted by Gasteiger charge is 2.28. The molecule has 0 radical (unpaired) electrons. The van der Waals surface area contributed by atoms with Gasteiger partial charge in [-0.05, 0) is 18.2 Å². The van der Waals surface area contributed by atoms with Crippen LogP contribution < -0.4 is 20.1 Å². The van der Waals surface area contributed by atoms with Gasteiger partial charge in [0.2, 0.25) is 6.79 Å². The number of rotatable bonds is 5. The third kappa shape index (κ3) is 3.74. The highest BCUT2D eigenvalue weighted by atomic mass is 16.7. The van der Waals surface area contributed by atoms with E-state index < -0.39 is 5.60 Å². The zero-order valence-electron chi connectivity index (χ0n) is 13.7. The van der Waals surface area contributed by atoms with Crippen LogP contribution in [0.15, 0.2) is 22.7 Å². The third-order valence-electron chi connectivity index (χ3n) is 4.07. The molecule has 1 saturated heterocycles. The van der Waals surface area contributed by atoms with E-state index in [0.717, 1.165) is 12.1 Å². The Morgan fingerprint density at radius 3 is 3.16 bits per heavy atom. The van der Waals surface area contributed by atoms with E-state index >= 15 is 0 Å². The second kappa shape index (κ2) is 6.96. The van der Waals surface area contributed by atoms with Gasteiger partial charge in [-0.25, -0.2) is 0 Å². The fraction of sp³-hybridized carbons (Fsp3) is 0.500. The van der Waals surface area contributed by atoms with Gasteiger partial charge in [0, 0.05) is 25.2 Å². The molecule has 1 atom stereocenters. The molecule has 0 bridgehead atoms. The fourth-order valence-electron chi connectivity index (χ4n) is 2.77. The standard InChI is InChI=1S/C16H20N4O5/c21-16(7-17-3-4-22-9-16)8-18-6-14-19-15(25-20-14)11-1-2-12-13(5-11)24-10-23-12/h1-2,5,17-18,21H,3-4,6-10H2/t16-/m0/s1. The second-order valence-electron chi connectivity index (χ2n) is 6.14. The molecule has 0 aliphatic carbocycles. The third-order valence-corrected chi connectivity index (χ3v) is 4.07. The van der Waals surface area contributed by atoms with Crippen LogP contribution in [0.1, 0.15) is 5.82 Å². The first-order chi connectivity index (χ1) is 12.2. The van der Waals surface area contributed by atoms with E-state index in [4.69, 9.17) is 18.7 Å². The van der Waals surface area contributed by atoms with Gasteiger partial charge in [0.15, 0.2) is 17.3 Å². The van der Waals surface area contributed by atoms with Crippen LogP contribution in [0.2, 0.25) is 0 Å². The first-order valence-electron chi connectivity index (χ1n) is 8.16. The minimum Gasteiger partial charge on any atom is -0.454 e. The zero-order chi connectivity index (χ0) is 17.1. The molecular weight excluding hydrogens is 328 g/mol. The molecule has 25 heavy (non-hydrogen) atoms. The topological polar surface area (TPSA) is 111 Å². The van der Waals surface area contributed by atoms with Crippen molar-refractivity contribution in [1.82, 2.24) is 20.8 Å². The smallest absolute Gasteiger partial charge is 0.258 e. The van der Waals surface area contributed by atoms with Crippen molar-refractivity contribution in [2.75, 3.05) is 39.6 Å². The maximum Gasteiger partial charge on any atom is 0.258 e. The number of fused-ring (bicyclic) bond motifs is 1. The molecule has 0 saturated carbocycles. The Bertz CT molecular complexity index is 727. The number of β-amino-alcohol motifs (C(OH)–C–C–N with tert-alkyl or cyclic N) is 1. The van der Waals surface area contributed by atoms with Crippen molar-refractivity contribution in [3.63, 3.8) is 0 Å². The van der Waals surface area contributed by atoms with Crippen molar-refractivity contribution in [3.05, 3.63) is 24.0 Å². The molecule has 134 valence electrons. The summed E-state index contributed by atoms with van der Waals surface area (Å²) in [4.78, 5) is 4.36. The van der Waals surface area contributed by atoms with Gasteiger partial charge >= 0.3 is 0 Å². The molecule has 0 spiro atoms. The quantitative estimate of drug-likeness (QED) is 0.682. The van der Waals surface area contributed by atoms with Gasteiger partial charge in [-0.15, -0.1) is 0 Å². The highest BCUT2D eigenvalue weighted by Crippen LogP contribution is 2.35. The Balaban J connectivity index is 1.35. The lowest BCUT2D eigenvalue weighted by atomic mass is 10.1. The second-order valence-corrected chi connectivity index (χ2v) is 6.14. The van der Waals surface area contributed by atoms with Crippen molar-refractivity contribution >= 4 is 0 Å². The van der Waals surface area contributed by atoms with Gasteiger partial charge in [0.1, 0.15) is 5.60 Å². The number of nitrogens with one attached hydrogen (secondary N) is 2. The molecule has 0 unspecified atom stereocenters. The predicted octanol–water partition coefficient (Wildman–Crippen LogP) is -0.0942.